The Morgan fingerprint density at radius 3 is 1.19 bits per heavy atom. The van der Waals surface area contributed by atoms with Gasteiger partial charge in [0.15, 0.2) is 0 Å². The van der Waals surface area contributed by atoms with E-state index in [1.54, 1.807) is 0 Å². The Morgan fingerprint density at radius 2 is 0.857 bits per heavy atom. The van der Waals surface area contributed by atoms with Crippen molar-refractivity contribution < 1.29 is 10.2 Å². The summed E-state index contributed by atoms with van der Waals surface area (Å²) in [4.78, 5) is 0. The molecule has 228 valence electrons. The van der Waals surface area contributed by atoms with Crippen LogP contribution in [0.5, 0.6) is 0 Å². The van der Waals surface area contributed by atoms with Crippen LogP contribution in [0.25, 0.3) is 0 Å². The molecule has 0 aromatic rings. The minimum atomic E-state index is -0.227. The largest absolute Gasteiger partial charge is 0.393 e. The van der Waals surface area contributed by atoms with Gasteiger partial charge in [-0.1, -0.05) is 146 Å². The van der Waals surface area contributed by atoms with Crippen molar-refractivity contribution in [1.29, 1.82) is 0 Å². The summed E-state index contributed by atoms with van der Waals surface area (Å²) in [6, 6.07) is 0. The number of rotatable bonds is 10. The Bertz CT molecular complexity index is 1190. The molecule has 42 heavy (non-hydrogen) atoms. The molecule has 2 heteroatoms. The summed E-state index contributed by atoms with van der Waals surface area (Å²) in [5.41, 5.74) is 10.1. The number of aliphatic hydroxyl groups excluding tert-OH is 2. The summed E-state index contributed by atoms with van der Waals surface area (Å²) in [5, 5.41) is 20.2. The van der Waals surface area contributed by atoms with Gasteiger partial charge in [-0.2, -0.15) is 0 Å². The Labute approximate surface area is 257 Å². The second-order valence-electron chi connectivity index (χ2n) is 13.7. The van der Waals surface area contributed by atoms with E-state index in [9.17, 15) is 10.2 Å². The van der Waals surface area contributed by atoms with Gasteiger partial charge < -0.3 is 10.2 Å². The van der Waals surface area contributed by atoms with Crippen LogP contribution < -0.4 is 0 Å². The normalized spacial score (nSPS) is 25.0. The number of allylic oxidation sites excluding steroid dienone is 20. The maximum Gasteiger partial charge on any atom is 0.0585 e. The number of hydrogen-bond acceptors (Lipinski definition) is 2. The van der Waals surface area contributed by atoms with Crippen LogP contribution in [0.2, 0.25) is 0 Å². The Morgan fingerprint density at radius 1 is 0.548 bits per heavy atom. The first-order valence-electron chi connectivity index (χ1n) is 15.5. The van der Waals surface area contributed by atoms with Crippen molar-refractivity contribution in [2.75, 3.05) is 0 Å². The van der Waals surface area contributed by atoms with E-state index in [2.05, 4.69) is 154 Å². The van der Waals surface area contributed by atoms with Crippen LogP contribution in [0.4, 0.5) is 0 Å². The molecule has 2 N–H and O–H groups in total. The Balaban J connectivity index is 1.90. The maximum absolute atomic E-state index is 10.1. The lowest BCUT2D eigenvalue weighted by molar-refractivity contribution is 0.116. The van der Waals surface area contributed by atoms with Gasteiger partial charge in [-0.05, 0) is 89.2 Å². The van der Waals surface area contributed by atoms with E-state index >= 15 is 0 Å². The first-order valence-corrected chi connectivity index (χ1v) is 15.5. The summed E-state index contributed by atoms with van der Waals surface area (Å²) >= 11 is 0. The van der Waals surface area contributed by atoms with Gasteiger partial charge in [-0.15, -0.1) is 0 Å². The van der Waals surface area contributed by atoms with E-state index < -0.39 is 0 Å². The molecule has 0 bridgehead atoms. The van der Waals surface area contributed by atoms with E-state index in [1.807, 2.05) is 0 Å². The van der Waals surface area contributed by atoms with Crippen molar-refractivity contribution in [2.45, 2.75) is 107 Å². The van der Waals surface area contributed by atoms with E-state index in [0.29, 0.717) is 0 Å². The molecule has 0 aliphatic heterocycles. The highest BCUT2D eigenvalue weighted by molar-refractivity contribution is 5.39. The molecular weight excluding hydrogens is 512 g/mol. The molecule has 2 aliphatic rings. The van der Waals surface area contributed by atoms with Gasteiger partial charge in [0.1, 0.15) is 0 Å². The molecule has 0 saturated carbocycles. The number of aliphatic hydroxyl groups is 2. The molecule has 0 unspecified atom stereocenters. The zero-order valence-electron chi connectivity index (χ0n) is 28.0. The summed E-state index contributed by atoms with van der Waals surface area (Å²) in [5.74, 6) is 0. The fourth-order valence-electron chi connectivity index (χ4n) is 6.13. The van der Waals surface area contributed by atoms with E-state index in [0.717, 1.165) is 25.7 Å². The zero-order valence-corrected chi connectivity index (χ0v) is 28.0. The standard InChI is InChI=1S/C40H56O2/c1-29(17-13-19-31(3)21-23-37-33(5)25-35(41)27-39(37,7)8)15-11-12-16-30(2)18-14-20-32(4)22-24-38-34(6)26-36(42)28-40(38,9)10/h11-24,35-36,41-42H,25-28H2,1-10H3/b12-11+,17-13+,18-14+,23-21+,24-22+,29-15-,30-16+,31-19-,32-20-/t35-,36-/m1/s1. The second kappa shape index (κ2) is 16.1. The van der Waals surface area contributed by atoms with Crippen molar-refractivity contribution in [1.82, 2.24) is 0 Å². The van der Waals surface area contributed by atoms with Gasteiger partial charge in [0.05, 0.1) is 12.2 Å². The van der Waals surface area contributed by atoms with Crippen LogP contribution in [0.15, 0.2) is 130 Å². The molecule has 0 aromatic heterocycles. The van der Waals surface area contributed by atoms with Gasteiger partial charge in [0.2, 0.25) is 0 Å². The molecule has 0 saturated heterocycles. The van der Waals surface area contributed by atoms with Gasteiger partial charge in [0.25, 0.3) is 0 Å². The maximum atomic E-state index is 10.1. The number of hydrogen-bond donors (Lipinski definition) is 2. The van der Waals surface area contributed by atoms with Crippen LogP contribution in [0.3, 0.4) is 0 Å². The predicted octanol–water partition coefficient (Wildman–Crippen LogP) is 10.5. The molecule has 0 fully saturated rings. The monoisotopic (exact) mass is 568 g/mol. The summed E-state index contributed by atoms with van der Waals surface area (Å²) < 4.78 is 0. The van der Waals surface area contributed by atoms with Crippen molar-refractivity contribution in [3.05, 3.63) is 130 Å². The highest BCUT2D eigenvalue weighted by Crippen LogP contribution is 2.42. The lowest BCUT2D eigenvalue weighted by atomic mass is 9.71. The lowest BCUT2D eigenvalue weighted by Crippen LogP contribution is -2.28. The third-order valence-corrected chi connectivity index (χ3v) is 8.24. The van der Waals surface area contributed by atoms with Crippen LogP contribution in [-0.4, -0.2) is 22.4 Å². The van der Waals surface area contributed by atoms with E-state index in [1.165, 1.54) is 44.6 Å². The van der Waals surface area contributed by atoms with Crippen LogP contribution in [0.1, 0.15) is 94.9 Å². The van der Waals surface area contributed by atoms with Gasteiger partial charge in [0, 0.05) is 0 Å². The van der Waals surface area contributed by atoms with Crippen molar-refractivity contribution in [3.63, 3.8) is 0 Å². The minimum Gasteiger partial charge on any atom is -0.393 e. The molecule has 2 nitrogen and oxygen atoms in total. The molecule has 2 atom stereocenters. The van der Waals surface area contributed by atoms with Crippen molar-refractivity contribution in [3.8, 4) is 0 Å². The average Bonchev–Trinajstić information content (AvgIpc) is 2.84. The molecule has 2 rings (SSSR count). The highest BCUT2D eigenvalue weighted by Gasteiger charge is 2.32. The molecule has 0 aromatic carbocycles. The highest BCUT2D eigenvalue weighted by atomic mass is 16.3. The average molecular weight is 569 g/mol. The first kappa shape index (κ1) is 35.3. The fraction of sp³-hybridized carbons (Fsp3) is 0.450. The SMILES string of the molecule is CC1=C(/C=C/C(C)=C\C=C\C(C)=C/C=C/C=C(C)/C=C/C=C(C)\C=C\C2=C(C)C[C@@H](O)CC2(C)C)C(C)(C)C[C@H](O)C1. The summed E-state index contributed by atoms with van der Waals surface area (Å²) in [6.45, 7) is 21.6. The lowest BCUT2D eigenvalue weighted by Gasteiger charge is -2.35. The first-order chi connectivity index (χ1) is 19.6. The quantitative estimate of drug-likeness (QED) is 0.257. The van der Waals surface area contributed by atoms with E-state index in [4.69, 9.17) is 0 Å². The smallest absolute Gasteiger partial charge is 0.0585 e. The molecular formula is C40H56O2. The Hall–Kier alpha value is -2.94. The third kappa shape index (κ3) is 11.7. The van der Waals surface area contributed by atoms with Crippen LogP contribution >= 0.6 is 0 Å². The zero-order chi connectivity index (χ0) is 31.5. The molecule has 0 spiro atoms. The topological polar surface area (TPSA) is 40.5 Å². The second-order valence-corrected chi connectivity index (χ2v) is 13.7. The molecule has 0 heterocycles. The van der Waals surface area contributed by atoms with Gasteiger partial charge in [-0.25, -0.2) is 0 Å². The third-order valence-electron chi connectivity index (χ3n) is 8.24. The summed E-state index contributed by atoms with van der Waals surface area (Å²) in [6.07, 6.45) is 32.6. The Kier molecular flexibility index (Phi) is 13.5. The predicted molar refractivity (Wildman–Crippen MR) is 184 cm³/mol. The molecule has 0 radical (unpaired) electrons. The molecule has 0 amide bonds. The fourth-order valence-corrected chi connectivity index (χ4v) is 6.13. The summed E-state index contributed by atoms with van der Waals surface area (Å²) in [7, 11) is 0. The van der Waals surface area contributed by atoms with Crippen molar-refractivity contribution >= 4 is 0 Å². The minimum absolute atomic E-state index is 0.00547. The molecule has 2 aliphatic carbocycles. The van der Waals surface area contributed by atoms with Crippen LogP contribution in [0, 0.1) is 10.8 Å². The van der Waals surface area contributed by atoms with E-state index in [-0.39, 0.29) is 23.0 Å². The van der Waals surface area contributed by atoms with Crippen LogP contribution in [-0.2, 0) is 0 Å². The van der Waals surface area contributed by atoms with Gasteiger partial charge in [-0.3, -0.25) is 0 Å². The van der Waals surface area contributed by atoms with Gasteiger partial charge >= 0.3 is 0 Å². The van der Waals surface area contributed by atoms with Crippen molar-refractivity contribution in [2.24, 2.45) is 10.8 Å².